The normalized spacial score (nSPS) is 11.3. The molecule has 0 aliphatic heterocycles. The van der Waals surface area contributed by atoms with Crippen LogP contribution >= 0.6 is 12.4 Å². The van der Waals surface area contributed by atoms with E-state index in [0.29, 0.717) is 24.2 Å². The molecule has 0 fully saturated rings. The first kappa shape index (κ1) is 19.8. The first-order chi connectivity index (χ1) is 9.21. The Morgan fingerprint density at radius 2 is 1.67 bits per heavy atom. The molecule has 0 heterocycles. The maximum absolute atomic E-state index is 12.6. The van der Waals surface area contributed by atoms with Crippen LogP contribution in [0.4, 0.5) is 13.2 Å². The molecule has 0 saturated heterocycles. The summed E-state index contributed by atoms with van der Waals surface area (Å²) in [6.45, 7) is 8.85. The van der Waals surface area contributed by atoms with Gasteiger partial charge in [0.25, 0.3) is 0 Å². The zero-order valence-corrected chi connectivity index (χ0v) is 13.5. The van der Waals surface area contributed by atoms with E-state index in [2.05, 4.69) is 44.4 Å². The standard InChI is InChI=1S/C16H20F3N.ClH/c1-12(2)20(13(3)4)10-6-8-14-7-5-9-15(11-14)16(17,18)19;/h5,7,9,11-13H,10H2,1-4H3;1H. The lowest BCUT2D eigenvalue weighted by Crippen LogP contribution is -2.37. The monoisotopic (exact) mass is 319 g/mol. The number of benzene rings is 1. The van der Waals surface area contributed by atoms with Gasteiger partial charge in [0.1, 0.15) is 0 Å². The van der Waals surface area contributed by atoms with E-state index < -0.39 is 11.7 Å². The highest BCUT2D eigenvalue weighted by Gasteiger charge is 2.30. The van der Waals surface area contributed by atoms with Crippen molar-refractivity contribution in [3.05, 3.63) is 35.4 Å². The topological polar surface area (TPSA) is 3.24 Å². The molecule has 21 heavy (non-hydrogen) atoms. The van der Waals surface area contributed by atoms with E-state index in [1.54, 1.807) is 6.07 Å². The van der Waals surface area contributed by atoms with Crippen LogP contribution in [0, 0.1) is 11.8 Å². The molecule has 1 nitrogen and oxygen atoms in total. The van der Waals surface area contributed by atoms with Crippen molar-refractivity contribution < 1.29 is 13.2 Å². The molecule has 1 rings (SSSR count). The lowest BCUT2D eigenvalue weighted by Gasteiger charge is -2.28. The van der Waals surface area contributed by atoms with Gasteiger partial charge in [0.05, 0.1) is 12.1 Å². The molecular weight excluding hydrogens is 299 g/mol. The highest BCUT2D eigenvalue weighted by Crippen LogP contribution is 2.29. The van der Waals surface area contributed by atoms with Crippen LogP contribution in [-0.4, -0.2) is 23.5 Å². The van der Waals surface area contributed by atoms with Gasteiger partial charge in [0.15, 0.2) is 0 Å². The van der Waals surface area contributed by atoms with Crippen LogP contribution in [0.25, 0.3) is 0 Å². The molecule has 0 radical (unpaired) electrons. The van der Waals surface area contributed by atoms with Crippen molar-refractivity contribution >= 4 is 12.4 Å². The molecule has 0 aliphatic rings. The van der Waals surface area contributed by atoms with Gasteiger partial charge in [-0.15, -0.1) is 12.4 Å². The first-order valence-electron chi connectivity index (χ1n) is 6.63. The maximum Gasteiger partial charge on any atom is 0.416 e. The molecule has 0 N–H and O–H groups in total. The Labute approximate surface area is 130 Å². The molecule has 0 saturated carbocycles. The van der Waals surface area contributed by atoms with Crippen LogP contribution in [-0.2, 0) is 6.18 Å². The Hall–Kier alpha value is -1.18. The summed E-state index contributed by atoms with van der Waals surface area (Å²) in [7, 11) is 0. The van der Waals surface area contributed by atoms with Crippen LogP contribution in [0.1, 0.15) is 38.8 Å². The second-order valence-corrected chi connectivity index (χ2v) is 5.24. The number of hydrogen-bond donors (Lipinski definition) is 0. The van der Waals surface area contributed by atoms with Crippen molar-refractivity contribution in [2.45, 2.75) is 46.0 Å². The summed E-state index contributed by atoms with van der Waals surface area (Å²) < 4.78 is 37.7. The van der Waals surface area contributed by atoms with Crippen LogP contribution < -0.4 is 0 Å². The summed E-state index contributed by atoms with van der Waals surface area (Å²) in [4.78, 5) is 2.18. The fourth-order valence-electron chi connectivity index (χ4n) is 1.97. The number of nitrogens with zero attached hydrogens (tertiary/aromatic N) is 1. The Balaban J connectivity index is 0.00000400. The SMILES string of the molecule is CC(C)N(CC#Cc1cccc(C(F)(F)F)c1)C(C)C.Cl. The molecule has 0 aromatic heterocycles. The molecule has 5 heteroatoms. The minimum Gasteiger partial charge on any atom is -0.287 e. The van der Waals surface area contributed by atoms with Crippen molar-refractivity contribution in [1.82, 2.24) is 4.90 Å². The summed E-state index contributed by atoms with van der Waals surface area (Å²) >= 11 is 0. The van der Waals surface area contributed by atoms with Gasteiger partial charge in [0.2, 0.25) is 0 Å². The third-order valence-corrected chi connectivity index (χ3v) is 3.01. The van der Waals surface area contributed by atoms with Gasteiger partial charge >= 0.3 is 6.18 Å². The summed E-state index contributed by atoms with van der Waals surface area (Å²) in [5.74, 6) is 5.76. The van der Waals surface area contributed by atoms with Crippen molar-refractivity contribution in [2.75, 3.05) is 6.54 Å². The lowest BCUT2D eigenvalue weighted by molar-refractivity contribution is -0.137. The zero-order valence-electron chi connectivity index (χ0n) is 12.7. The molecule has 0 aliphatic carbocycles. The molecule has 0 unspecified atom stereocenters. The second-order valence-electron chi connectivity index (χ2n) is 5.24. The van der Waals surface area contributed by atoms with Gasteiger partial charge in [-0.05, 0) is 45.9 Å². The molecule has 0 spiro atoms. The summed E-state index contributed by atoms with van der Waals surface area (Å²) in [6, 6.07) is 5.82. The number of rotatable bonds is 3. The highest BCUT2D eigenvalue weighted by atomic mass is 35.5. The van der Waals surface area contributed by atoms with Crippen molar-refractivity contribution in [2.24, 2.45) is 0 Å². The molecular formula is C16H21ClF3N. The minimum atomic E-state index is -4.32. The Morgan fingerprint density at radius 3 is 2.14 bits per heavy atom. The van der Waals surface area contributed by atoms with Gasteiger partial charge in [-0.25, -0.2) is 0 Å². The number of hydrogen-bond acceptors (Lipinski definition) is 1. The van der Waals surface area contributed by atoms with E-state index in [0.717, 1.165) is 12.1 Å². The Bertz CT molecular complexity index is 490. The average molecular weight is 320 g/mol. The molecule has 0 amide bonds. The molecule has 0 bridgehead atoms. The van der Waals surface area contributed by atoms with E-state index in [1.807, 2.05) is 0 Å². The van der Waals surface area contributed by atoms with Gasteiger partial charge in [-0.3, -0.25) is 4.90 Å². The van der Waals surface area contributed by atoms with Crippen LogP contribution in [0.15, 0.2) is 24.3 Å². The molecule has 118 valence electrons. The smallest absolute Gasteiger partial charge is 0.287 e. The van der Waals surface area contributed by atoms with E-state index in [9.17, 15) is 13.2 Å². The van der Waals surface area contributed by atoms with Gasteiger partial charge in [-0.2, -0.15) is 13.2 Å². The average Bonchev–Trinajstić information content (AvgIpc) is 2.33. The zero-order chi connectivity index (χ0) is 15.3. The summed E-state index contributed by atoms with van der Waals surface area (Å²) in [6.07, 6.45) is -4.32. The van der Waals surface area contributed by atoms with Crippen LogP contribution in [0.3, 0.4) is 0 Å². The molecule has 1 aromatic carbocycles. The lowest BCUT2D eigenvalue weighted by atomic mass is 10.1. The van der Waals surface area contributed by atoms with Gasteiger partial charge in [-0.1, -0.05) is 17.9 Å². The quantitative estimate of drug-likeness (QED) is 0.736. The third kappa shape index (κ3) is 6.41. The van der Waals surface area contributed by atoms with Crippen LogP contribution in [0.2, 0.25) is 0 Å². The fraction of sp³-hybridized carbons (Fsp3) is 0.500. The third-order valence-electron chi connectivity index (χ3n) is 3.01. The van der Waals surface area contributed by atoms with E-state index in [4.69, 9.17) is 0 Å². The van der Waals surface area contributed by atoms with E-state index in [-0.39, 0.29) is 12.4 Å². The fourth-order valence-corrected chi connectivity index (χ4v) is 1.97. The number of halogens is 4. The minimum absolute atomic E-state index is 0. The van der Waals surface area contributed by atoms with Gasteiger partial charge in [0, 0.05) is 17.6 Å². The van der Waals surface area contributed by atoms with Crippen LogP contribution in [0.5, 0.6) is 0 Å². The van der Waals surface area contributed by atoms with Gasteiger partial charge < -0.3 is 0 Å². The summed E-state index contributed by atoms with van der Waals surface area (Å²) in [5.41, 5.74) is -0.263. The highest BCUT2D eigenvalue weighted by molar-refractivity contribution is 5.85. The first-order valence-corrected chi connectivity index (χ1v) is 6.63. The second kappa shape index (κ2) is 8.31. The molecule has 0 atom stereocenters. The Morgan fingerprint density at radius 1 is 1.10 bits per heavy atom. The largest absolute Gasteiger partial charge is 0.416 e. The van der Waals surface area contributed by atoms with E-state index >= 15 is 0 Å². The van der Waals surface area contributed by atoms with Crippen molar-refractivity contribution in [1.29, 1.82) is 0 Å². The van der Waals surface area contributed by atoms with Crippen molar-refractivity contribution in [3.63, 3.8) is 0 Å². The molecule has 1 aromatic rings. The predicted molar refractivity (Wildman–Crippen MR) is 82.5 cm³/mol. The predicted octanol–water partition coefficient (Wildman–Crippen LogP) is 4.60. The maximum atomic E-state index is 12.6. The summed E-state index contributed by atoms with van der Waals surface area (Å²) in [5, 5.41) is 0. The van der Waals surface area contributed by atoms with E-state index in [1.165, 1.54) is 6.07 Å². The Kier molecular flexibility index (Phi) is 7.84. The number of alkyl halides is 3. The van der Waals surface area contributed by atoms with Crippen molar-refractivity contribution in [3.8, 4) is 11.8 Å².